The van der Waals surface area contributed by atoms with E-state index in [2.05, 4.69) is 5.16 Å². The minimum absolute atomic E-state index is 0.0192. The van der Waals surface area contributed by atoms with E-state index in [1.165, 1.54) is 0 Å². The van der Waals surface area contributed by atoms with Crippen molar-refractivity contribution in [2.24, 2.45) is 10.9 Å². The summed E-state index contributed by atoms with van der Waals surface area (Å²) in [5.41, 5.74) is 6.80. The molecule has 1 rings (SSSR count). The third-order valence-electron chi connectivity index (χ3n) is 2.24. The van der Waals surface area contributed by atoms with Crippen LogP contribution in [0.1, 0.15) is 32.3 Å². The molecule has 0 bridgehead atoms. The highest BCUT2D eigenvalue weighted by Crippen LogP contribution is 2.17. The molecule has 0 saturated heterocycles. The number of nitrogens with zero attached hydrogens (tertiary/aromatic N) is 1. The Morgan fingerprint density at radius 3 is 2.35 bits per heavy atom. The van der Waals surface area contributed by atoms with Crippen LogP contribution >= 0.6 is 0 Å². The molecule has 0 spiro atoms. The van der Waals surface area contributed by atoms with Crippen LogP contribution in [0.3, 0.4) is 0 Å². The van der Waals surface area contributed by atoms with Gasteiger partial charge in [-0.15, -0.1) is 0 Å². The van der Waals surface area contributed by atoms with Gasteiger partial charge in [0, 0.05) is 0 Å². The van der Waals surface area contributed by atoms with Crippen molar-refractivity contribution in [1.82, 2.24) is 0 Å². The van der Waals surface area contributed by atoms with Crippen molar-refractivity contribution in [3.05, 3.63) is 35.9 Å². The second kappa shape index (κ2) is 6.03. The van der Waals surface area contributed by atoms with Gasteiger partial charge in [-0.3, -0.25) is 4.79 Å². The van der Waals surface area contributed by atoms with E-state index >= 15 is 0 Å². The number of nitrogens with two attached hydrogens (primary N) is 1. The zero-order chi connectivity index (χ0) is 12.8. The molecule has 0 fully saturated rings. The number of hydrogen-bond acceptors (Lipinski definition) is 3. The summed E-state index contributed by atoms with van der Waals surface area (Å²) in [5, 5.41) is 3.94. The first kappa shape index (κ1) is 13.2. The Hall–Kier alpha value is -1.84. The highest BCUT2D eigenvalue weighted by Gasteiger charge is 2.21. The third-order valence-corrected chi connectivity index (χ3v) is 2.24. The lowest BCUT2D eigenvalue weighted by Crippen LogP contribution is -2.27. The van der Waals surface area contributed by atoms with E-state index in [0.717, 1.165) is 5.56 Å². The van der Waals surface area contributed by atoms with Crippen LogP contribution in [-0.4, -0.2) is 17.7 Å². The summed E-state index contributed by atoms with van der Waals surface area (Å²) in [4.78, 5) is 16.6. The summed E-state index contributed by atoms with van der Waals surface area (Å²) in [6.07, 6.45) is -0.0192. The fraction of sp³-hybridized carbons (Fsp3) is 0.385. The van der Waals surface area contributed by atoms with Gasteiger partial charge in [0.25, 0.3) is 0 Å². The second-order valence-corrected chi connectivity index (χ2v) is 4.13. The van der Waals surface area contributed by atoms with Crippen molar-refractivity contribution in [3.8, 4) is 0 Å². The molecule has 0 aromatic heterocycles. The molecule has 0 aliphatic carbocycles. The summed E-state index contributed by atoms with van der Waals surface area (Å²) in [5.74, 6) is -0.959. The summed E-state index contributed by atoms with van der Waals surface area (Å²) in [7, 11) is 0. The number of carbonyl (C=O) groups excluding carboxylic acids is 1. The van der Waals surface area contributed by atoms with Gasteiger partial charge in [0.05, 0.1) is 5.71 Å². The van der Waals surface area contributed by atoms with Crippen LogP contribution < -0.4 is 5.73 Å². The van der Waals surface area contributed by atoms with Gasteiger partial charge in [-0.2, -0.15) is 0 Å². The molecule has 17 heavy (non-hydrogen) atoms. The first-order chi connectivity index (χ1) is 8.02. The van der Waals surface area contributed by atoms with Gasteiger partial charge in [-0.05, 0) is 26.3 Å². The van der Waals surface area contributed by atoms with Crippen LogP contribution in [0.4, 0.5) is 0 Å². The zero-order valence-corrected chi connectivity index (χ0v) is 10.4. The summed E-state index contributed by atoms with van der Waals surface area (Å²) < 4.78 is 0. The van der Waals surface area contributed by atoms with Crippen LogP contribution in [0.15, 0.2) is 35.5 Å². The molecule has 1 atom stereocenters. The quantitative estimate of drug-likeness (QED) is 0.626. The molecule has 92 valence electrons. The maximum atomic E-state index is 11.5. The lowest BCUT2D eigenvalue weighted by molar-refractivity contribution is -0.118. The van der Waals surface area contributed by atoms with E-state index in [-0.39, 0.29) is 6.10 Å². The van der Waals surface area contributed by atoms with Crippen molar-refractivity contribution in [1.29, 1.82) is 0 Å². The van der Waals surface area contributed by atoms with Gasteiger partial charge in [0.2, 0.25) is 5.91 Å². The predicted molar refractivity (Wildman–Crippen MR) is 67.7 cm³/mol. The summed E-state index contributed by atoms with van der Waals surface area (Å²) in [6, 6.07) is 9.32. The Kier molecular flexibility index (Phi) is 4.69. The van der Waals surface area contributed by atoms with E-state index in [4.69, 9.17) is 10.6 Å². The van der Waals surface area contributed by atoms with Crippen LogP contribution in [-0.2, 0) is 9.63 Å². The predicted octanol–water partition coefficient (Wildman–Crippen LogP) is 2.06. The number of benzene rings is 1. The van der Waals surface area contributed by atoms with Crippen molar-refractivity contribution in [3.63, 3.8) is 0 Å². The highest BCUT2D eigenvalue weighted by molar-refractivity contribution is 6.07. The molecule has 2 N–H and O–H groups in total. The summed E-state index contributed by atoms with van der Waals surface area (Å²) in [6.45, 7) is 5.49. The van der Waals surface area contributed by atoms with Crippen molar-refractivity contribution < 1.29 is 9.63 Å². The molecule has 4 heteroatoms. The molecular formula is C13H18N2O2. The molecule has 0 saturated carbocycles. The van der Waals surface area contributed by atoms with Gasteiger partial charge in [0.15, 0.2) is 0 Å². The number of carbonyl (C=O) groups is 1. The lowest BCUT2D eigenvalue weighted by atomic mass is 9.94. The highest BCUT2D eigenvalue weighted by atomic mass is 16.6. The van der Waals surface area contributed by atoms with Crippen molar-refractivity contribution in [2.45, 2.75) is 32.8 Å². The van der Waals surface area contributed by atoms with Crippen molar-refractivity contribution >= 4 is 11.6 Å². The molecule has 1 unspecified atom stereocenters. The smallest absolute Gasteiger partial charge is 0.230 e. The van der Waals surface area contributed by atoms with E-state index in [0.29, 0.717) is 5.71 Å². The number of hydrogen-bond donors (Lipinski definition) is 1. The lowest BCUT2D eigenvalue weighted by Gasteiger charge is -2.13. The van der Waals surface area contributed by atoms with Crippen molar-refractivity contribution in [2.75, 3.05) is 0 Å². The number of oxime groups is 1. The molecule has 4 nitrogen and oxygen atoms in total. The van der Waals surface area contributed by atoms with Crippen LogP contribution in [0.5, 0.6) is 0 Å². The Morgan fingerprint density at radius 1 is 1.29 bits per heavy atom. The molecule has 0 aliphatic heterocycles. The summed E-state index contributed by atoms with van der Waals surface area (Å²) >= 11 is 0. The molecule has 0 heterocycles. The van der Waals surface area contributed by atoms with Gasteiger partial charge in [-0.25, -0.2) is 0 Å². The Labute approximate surface area is 101 Å². The van der Waals surface area contributed by atoms with Gasteiger partial charge in [-0.1, -0.05) is 35.5 Å². The molecule has 1 aromatic rings. The molecular weight excluding hydrogens is 216 g/mol. The van der Waals surface area contributed by atoms with Gasteiger partial charge in [0.1, 0.15) is 12.0 Å². The van der Waals surface area contributed by atoms with Gasteiger partial charge >= 0.3 is 0 Å². The van der Waals surface area contributed by atoms with Gasteiger partial charge < -0.3 is 10.6 Å². The maximum absolute atomic E-state index is 11.5. The second-order valence-electron chi connectivity index (χ2n) is 4.13. The number of primary amides is 1. The Morgan fingerprint density at radius 2 is 1.88 bits per heavy atom. The van der Waals surface area contributed by atoms with E-state index < -0.39 is 11.8 Å². The first-order valence-corrected chi connectivity index (χ1v) is 5.57. The monoisotopic (exact) mass is 234 g/mol. The average molecular weight is 234 g/mol. The number of rotatable bonds is 5. The van der Waals surface area contributed by atoms with Crippen LogP contribution in [0.2, 0.25) is 0 Å². The largest absolute Gasteiger partial charge is 0.393 e. The maximum Gasteiger partial charge on any atom is 0.230 e. The molecule has 0 radical (unpaired) electrons. The Balaban J connectivity index is 2.95. The van der Waals surface area contributed by atoms with Crippen LogP contribution in [0.25, 0.3) is 0 Å². The topological polar surface area (TPSA) is 64.7 Å². The third kappa shape index (κ3) is 3.90. The fourth-order valence-electron chi connectivity index (χ4n) is 1.50. The molecule has 0 aliphatic rings. The zero-order valence-electron chi connectivity index (χ0n) is 10.4. The Bertz CT molecular complexity index is 399. The average Bonchev–Trinajstić information content (AvgIpc) is 2.27. The SMILES string of the molecule is C/C(=N/OC(C)C)C(C(N)=O)c1ccccc1. The standard InChI is InChI=1S/C13H18N2O2/c1-9(2)17-15-10(3)12(13(14)16)11-7-5-4-6-8-11/h4-9,12H,1-3H3,(H2,14,16)/b15-10-. The fourth-order valence-corrected chi connectivity index (χ4v) is 1.50. The number of amides is 1. The van der Waals surface area contributed by atoms with E-state index in [9.17, 15) is 4.79 Å². The normalized spacial score (nSPS) is 13.5. The van der Waals surface area contributed by atoms with E-state index in [1.54, 1.807) is 6.92 Å². The first-order valence-electron chi connectivity index (χ1n) is 5.57. The minimum atomic E-state index is -0.532. The molecule has 1 aromatic carbocycles. The van der Waals surface area contributed by atoms with E-state index in [1.807, 2.05) is 44.2 Å². The van der Waals surface area contributed by atoms with Crippen LogP contribution in [0, 0.1) is 0 Å². The molecule has 1 amide bonds. The minimum Gasteiger partial charge on any atom is -0.393 e.